The Morgan fingerprint density at radius 2 is 1.85 bits per heavy atom. The number of anilines is 3. The van der Waals surface area contributed by atoms with Gasteiger partial charge in [-0.25, -0.2) is 4.79 Å². The fourth-order valence-corrected chi connectivity index (χ4v) is 2.35. The van der Waals surface area contributed by atoms with Crippen LogP contribution in [0, 0.1) is 13.8 Å². The molecule has 0 aliphatic carbocycles. The van der Waals surface area contributed by atoms with Crippen molar-refractivity contribution in [1.82, 2.24) is 4.98 Å². The fourth-order valence-electron chi connectivity index (χ4n) is 2.35. The number of esters is 1. The lowest BCUT2D eigenvalue weighted by Gasteiger charge is -2.18. The Hall–Kier alpha value is -3.10. The zero-order chi connectivity index (χ0) is 20.2. The maximum Gasteiger partial charge on any atom is 0.416 e. The lowest BCUT2D eigenvalue weighted by molar-refractivity contribution is -0.152. The highest BCUT2D eigenvalue weighted by Gasteiger charge is 2.33. The average molecular weight is 381 g/mol. The topological polar surface area (TPSA) is 80.3 Å². The lowest BCUT2D eigenvalue weighted by Crippen LogP contribution is -2.25. The van der Waals surface area contributed by atoms with Gasteiger partial charge in [-0.15, -0.1) is 0 Å². The highest BCUT2D eigenvalue weighted by molar-refractivity contribution is 6.37. The molecule has 0 saturated heterocycles. The van der Waals surface area contributed by atoms with E-state index in [0.717, 1.165) is 12.1 Å². The summed E-state index contributed by atoms with van der Waals surface area (Å²) in [7, 11) is 0. The number of hydrogen-bond donors (Lipinski definition) is 2. The fraction of sp³-hybridized carbons (Fsp3) is 0.278. The number of nitrogens with zero attached hydrogens (tertiary/aromatic N) is 1. The minimum atomic E-state index is -4.58. The SMILES string of the molecule is CCOC(=O)C(=O)Nc1cc(C)c(C(F)(F)F)cc1Nc1cccnc1C. The van der Waals surface area contributed by atoms with Gasteiger partial charge in [0.25, 0.3) is 0 Å². The normalized spacial score (nSPS) is 11.0. The van der Waals surface area contributed by atoms with Crippen LogP contribution < -0.4 is 10.6 Å². The van der Waals surface area contributed by atoms with Crippen molar-refractivity contribution in [3.63, 3.8) is 0 Å². The van der Waals surface area contributed by atoms with Crippen LogP contribution in [0.4, 0.5) is 30.2 Å². The zero-order valence-electron chi connectivity index (χ0n) is 14.9. The zero-order valence-corrected chi connectivity index (χ0v) is 14.9. The van der Waals surface area contributed by atoms with E-state index in [-0.39, 0.29) is 23.5 Å². The molecule has 0 aliphatic rings. The number of pyridine rings is 1. The first-order valence-corrected chi connectivity index (χ1v) is 8.02. The summed E-state index contributed by atoms with van der Waals surface area (Å²) in [6.07, 6.45) is -3.03. The number of aromatic nitrogens is 1. The smallest absolute Gasteiger partial charge is 0.416 e. The minimum Gasteiger partial charge on any atom is -0.459 e. The highest BCUT2D eigenvalue weighted by atomic mass is 19.4. The number of carbonyl (C=O) groups is 2. The summed E-state index contributed by atoms with van der Waals surface area (Å²) < 4.78 is 44.4. The maximum atomic E-state index is 13.3. The molecule has 2 rings (SSSR count). The number of aryl methyl sites for hydroxylation is 2. The second-order valence-electron chi connectivity index (χ2n) is 5.65. The number of rotatable bonds is 4. The van der Waals surface area contributed by atoms with Crippen molar-refractivity contribution in [3.8, 4) is 0 Å². The molecule has 2 aromatic rings. The van der Waals surface area contributed by atoms with E-state index in [1.807, 2.05) is 0 Å². The van der Waals surface area contributed by atoms with Crippen molar-refractivity contribution in [3.05, 3.63) is 47.3 Å². The summed E-state index contributed by atoms with van der Waals surface area (Å²) in [4.78, 5) is 27.5. The molecule has 27 heavy (non-hydrogen) atoms. The van der Waals surface area contributed by atoms with E-state index in [1.54, 1.807) is 25.3 Å². The summed E-state index contributed by atoms with van der Waals surface area (Å²) in [6.45, 7) is 4.48. The van der Waals surface area contributed by atoms with E-state index in [4.69, 9.17) is 0 Å². The molecule has 1 aromatic carbocycles. The highest BCUT2D eigenvalue weighted by Crippen LogP contribution is 2.38. The lowest BCUT2D eigenvalue weighted by atomic mass is 10.1. The minimum absolute atomic E-state index is 0.00171. The molecule has 0 aliphatic heterocycles. The summed E-state index contributed by atoms with van der Waals surface area (Å²) in [5.41, 5.74) is 0.0367. The Morgan fingerprint density at radius 1 is 1.15 bits per heavy atom. The van der Waals surface area contributed by atoms with Gasteiger partial charge in [0.15, 0.2) is 0 Å². The first kappa shape index (κ1) is 20.2. The van der Waals surface area contributed by atoms with Crippen LogP contribution in [0.15, 0.2) is 30.5 Å². The maximum absolute atomic E-state index is 13.3. The number of carbonyl (C=O) groups excluding carboxylic acids is 2. The van der Waals surface area contributed by atoms with Gasteiger partial charge in [-0.3, -0.25) is 9.78 Å². The van der Waals surface area contributed by atoms with Crippen molar-refractivity contribution in [2.24, 2.45) is 0 Å². The van der Waals surface area contributed by atoms with Crippen LogP contribution >= 0.6 is 0 Å². The van der Waals surface area contributed by atoms with Crippen LogP contribution in [-0.2, 0) is 20.5 Å². The number of nitrogens with one attached hydrogen (secondary N) is 2. The van der Waals surface area contributed by atoms with E-state index in [1.165, 1.54) is 13.8 Å². The first-order valence-electron chi connectivity index (χ1n) is 8.02. The van der Waals surface area contributed by atoms with Crippen LogP contribution in [0.1, 0.15) is 23.7 Å². The van der Waals surface area contributed by atoms with Crippen molar-refractivity contribution < 1.29 is 27.5 Å². The van der Waals surface area contributed by atoms with Gasteiger partial charge in [-0.2, -0.15) is 13.2 Å². The second-order valence-corrected chi connectivity index (χ2v) is 5.65. The van der Waals surface area contributed by atoms with Gasteiger partial charge in [0, 0.05) is 6.20 Å². The molecule has 0 bridgehead atoms. The molecule has 0 fully saturated rings. The van der Waals surface area contributed by atoms with Gasteiger partial charge in [0.2, 0.25) is 0 Å². The van der Waals surface area contributed by atoms with E-state index in [2.05, 4.69) is 20.4 Å². The van der Waals surface area contributed by atoms with Crippen molar-refractivity contribution in [1.29, 1.82) is 0 Å². The Balaban J connectivity index is 2.48. The number of ether oxygens (including phenoxy) is 1. The standard InChI is InChI=1S/C18H18F3N3O3/c1-4-27-17(26)16(25)24-14-8-10(2)12(18(19,20)21)9-15(14)23-13-6-5-7-22-11(13)3/h5-9,23H,4H2,1-3H3,(H,24,25). The van der Waals surface area contributed by atoms with Gasteiger partial charge in [0.1, 0.15) is 0 Å². The Bertz CT molecular complexity index is 867. The average Bonchev–Trinajstić information content (AvgIpc) is 2.58. The molecular formula is C18H18F3N3O3. The van der Waals surface area contributed by atoms with Crippen LogP contribution in [0.2, 0.25) is 0 Å². The van der Waals surface area contributed by atoms with E-state index >= 15 is 0 Å². The molecule has 0 saturated carbocycles. The number of benzene rings is 1. The van der Waals surface area contributed by atoms with Crippen molar-refractivity contribution in [2.75, 3.05) is 17.2 Å². The number of amides is 1. The van der Waals surface area contributed by atoms with Crippen molar-refractivity contribution in [2.45, 2.75) is 26.9 Å². The van der Waals surface area contributed by atoms with Gasteiger partial charge < -0.3 is 15.4 Å². The molecule has 1 amide bonds. The molecule has 0 unspecified atom stereocenters. The van der Waals surface area contributed by atoms with E-state index in [0.29, 0.717) is 11.4 Å². The van der Waals surface area contributed by atoms with Gasteiger partial charge in [0.05, 0.1) is 34.9 Å². The van der Waals surface area contributed by atoms with Gasteiger partial charge in [-0.05, 0) is 50.6 Å². The van der Waals surface area contributed by atoms with Crippen LogP contribution in [0.5, 0.6) is 0 Å². The Morgan fingerprint density at radius 3 is 2.44 bits per heavy atom. The number of alkyl halides is 3. The van der Waals surface area contributed by atoms with Crippen LogP contribution in [0.3, 0.4) is 0 Å². The predicted octanol–water partition coefficient (Wildman–Crippen LogP) is 3.96. The Labute approximate surface area is 153 Å². The molecule has 1 aromatic heterocycles. The molecule has 0 radical (unpaired) electrons. The number of halogens is 3. The molecule has 0 atom stereocenters. The Kier molecular flexibility index (Phi) is 6.04. The van der Waals surface area contributed by atoms with Crippen molar-refractivity contribution >= 4 is 28.9 Å². The predicted molar refractivity (Wildman–Crippen MR) is 93.7 cm³/mol. The molecule has 2 N–H and O–H groups in total. The third kappa shape index (κ3) is 4.96. The molecule has 6 nitrogen and oxygen atoms in total. The molecular weight excluding hydrogens is 363 g/mol. The molecule has 0 spiro atoms. The van der Waals surface area contributed by atoms with Crippen LogP contribution in [-0.4, -0.2) is 23.5 Å². The summed E-state index contributed by atoms with van der Waals surface area (Å²) >= 11 is 0. The third-order valence-electron chi connectivity index (χ3n) is 3.66. The first-order chi connectivity index (χ1) is 12.6. The molecule has 9 heteroatoms. The summed E-state index contributed by atoms with van der Waals surface area (Å²) in [5.74, 6) is -2.21. The largest absolute Gasteiger partial charge is 0.459 e. The number of hydrogen-bond acceptors (Lipinski definition) is 5. The third-order valence-corrected chi connectivity index (χ3v) is 3.66. The van der Waals surface area contributed by atoms with E-state index < -0.39 is 23.6 Å². The summed E-state index contributed by atoms with van der Waals surface area (Å²) in [6, 6.07) is 5.27. The van der Waals surface area contributed by atoms with Crippen LogP contribution in [0.25, 0.3) is 0 Å². The molecule has 1 heterocycles. The molecule has 144 valence electrons. The van der Waals surface area contributed by atoms with E-state index in [9.17, 15) is 22.8 Å². The summed E-state index contributed by atoms with van der Waals surface area (Å²) in [5, 5.41) is 5.12. The monoisotopic (exact) mass is 381 g/mol. The van der Waals surface area contributed by atoms with Gasteiger partial charge in [-0.1, -0.05) is 0 Å². The quantitative estimate of drug-likeness (QED) is 0.619. The second kappa shape index (κ2) is 8.07. The van der Waals surface area contributed by atoms with Gasteiger partial charge >= 0.3 is 18.1 Å².